The molecule has 1 N–H and O–H groups in total. The van der Waals surface area contributed by atoms with Crippen LogP contribution in [0, 0.1) is 6.92 Å². The molecule has 2 aromatic carbocycles. The third-order valence-corrected chi connectivity index (χ3v) is 5.94. The van der Waals surface area contributed by atoms with E-state index in [1.165, 1.54) is 22.5 Å². The average Bonchev–Trinajstić information content (AvgIpc) is 3.44. The van der Waals surface area contributed by atoms with Crippen LogP contribution in [0.25, 0.3) is 0 Å². The van der Waals surface area contributed by atoms with Gasteiger partial charge in [-0.3, -0.25) is 9.69 Å². The Balaban J connectivity index is 1.47. The van der Waals surface area contributed by atoms with Crippen LogP contribution in [0.3, 0.4) is 0 Å². The number of aryl methyl sites for hydroxylation is 1. The molecule has 0 saturated carbocycles. The summed E-state index contributed by atoms with van der Waals surface area (Å²) in [5.74, 6) is 1.38. The SMILES string of the molecule is COCCNC(=O)c1csc(CN(Cc2ccc(C)cc2)Cc2ccc3c(c2)OCO3)n1. The fourth-order valence-corrected chi connectivity index (χ4v) is 4.27. The molecule has 1 aromatic heterocycles. The lowest BCUT2D eigenvalue weighted by Crippen LogP contribution is -2.27. The molecule has 8 heteroatoms. The Kier molecular flexibility index (Phi) is 7.36. The number of rotatable bonds is 10. The van der Waals surface area contributed by atoms with Crippen molar-refractivity contribution in [3.63, 3.8) is 0 Å². The van der Waals surface area contributed by atoms with Crippen molar-refractivity contribution >= 4 is 17.2 Å². The molecule has 1 amide bonds. The normalized spacial score (nSPS) is 12.3. The van der Waals surface area contributed by atoms with Gasteiger partial charge in [-0.25, -0.2) is 4.98 Å². The molecule has 0 fully saturated rings. The second kappa shape index (κ2) is 10.6. The van der Waals surface area contributed by atoms with Crippen molar-refractivity contribution in [3.8, 4) is 11.5 Å². The van der Waals surface area contributed by atoms with Gasteiger partial charge in [0.1, 0.15) is 10.7 Å². The van der Waals surface area contributed by atoms with E-state index in [1.54, 1.807) is 7.11 Å². The first-order valence-corrected chi connectivity index (χ1v) is 11.4. The van der Waals surface area contributed by atoms with Crippen LogP contribution in [0.15, 0.2) is 47.8 Å². The van der Waals surface area contributed by atoms with Gasteiger partial charge in [0.2, 0.25) is 6.79 Å². The topological polar surface area (TPSA) is 72.9 Å². The number of benzene rings is 2. The Hall–Kier alpha value is -2.94. The zero-order valence-corrected chi connectivity index (χ0v) is 19.1. The summed E-state index contributed by atoms with van der Waals surface area (Å²) in [5, 5.41) is 5.52. The first kappa shape index (κ1) is 22.3. The van der Waals surface area contributed by atoms with Gasteiger partial charge in [0.25, 0.3) is 5.91 Å². The van der Waals surface area contributed by atoms with Gasteiger partial charge in [0, 0.05) is 32.1 Å². The molecule has 0 atom stereocenters. The third-order valence-electron chi connectivity index (χ3n) is 5.10. The van der Waals surface area contributed by atoms with Crippen LogP contribution in [-0.2, 0) is 24.4 Å². The van der Waals surface area contributed by atoms with Crippen LogP contribution in [-0.4, -0.2) is 42.8 Å². The summed E-state index contributed by atoms with van der Waals surface area (Å²) in [6.45, 7) is 5.42. The molecule has 168 valence electrons. The van der Waals surface area contributed by atoms with Crippen molar-refractivity contribution in [3.05, 3.63) is 75.2 Å². The van der Waals surface area contributed by atoms with E-state index in [0.29, 0.717) is 25.4 Å². The molecule has 1 aliphatic rings. The van der Waals surface area contributed by atoms with Crippen LogP contribution in [0.4, 0.5) is 0 Å². The zero-order valence-electron chi connectivity index (χ0n) is 18.3. The van der Waals surface area contributed by atoms with Crippen molar-refractivity contribution in [2.24, 2.45) is 0 Å². The lowest BCUT2D eigenvalue weighted by molar-refractivity contribution is 0.0932. The standard InChI is InChI=1S/C24H27N3O4S/c1-17-3-5-18(6-4-17)12-27(13-19-7-8-21-22(11-19)31-16-30-21)14-23-26-20(15-32-23)24(28)25-9-10-29-2/h3-8,11,15H,9-10,12-14,16H2,1-2H3,(H,25,28). The maximum atomic E-state index is 12.3. The minimum Gasteiger partial charge on any atom is -0.454 e. The number of carbonyl (C=O) groups is 1. The van der Waals surface area contributed by atoms with E-state index in [4.69, 9.17) is 14.2 Å². The number of hydrogen-bond acceptors (Lipinski definition) is 7. The van der Waals surface area contributed by atoms with Gasteiger partial charge in [-0.1, -0.05) is 35.9 Å². The Morgan fingerprint density at radius 3 is 2.66 bits per heavy atom. The smallest absolute Gasteiger partial charge is 0.270 e. The Morgan fingerprint density at radius 1 is 1.09 bits per heavy atom. The van der Waals surface area contributed by atoms with Crippen LogP contribution in [0.5, 0.6) is 11.5 Å². The predicted molar refractivity (Wildman–Crippen MR) is 123 cm³/mol. The van der Waals surface area contributed by atoms with Gasteiger partial charge >= 0.3 is 0 Å². The van der Waals surface area contributed by atoms with Crippen molar-refractivity contribution in [1.82, 2.24) is 15.2 Å². The van der Waals surface area contributed by atoms with Crippen LogP contribution in [0.1, 0.15) is 32.2 Å². The maximum Gasteiger partial charge on any atom is 0.270 e. The maximum absolute atomic E-state index is 12.3. The van der Waals surface area contributed by atoms with Crippen molar-refractivity contribution in [2.75, 3.05) is 27.1 Å². The Morgan fingerprint density at radius 2 is 1.84 bits per heavy atom. The highest BCUT2D eigenvalue weighted by Crippen LogP contribution is 2.33. The highest BCUT2D eigenvalue weighted by Gasteiger charge is 2.17. The summed E-state index contributed by atoms with van der Waals surface area (Å²) in [5.41, 5.74) is 4.04. The lowest BCUT2D eigenvalue weighted by atomic mass is 10.1. The minimum atomic E-state index is -0.176. The molecule has 0 bridgehead atoms. The molecule has 0 radical (unpaired) electrons. The molecule has 1 aliphatic heterocycles. The number of nitrogens with zero attached hydrogens (tertiary/aromatic N) is 2. The molecule has 2 heterocycles. The van der Waals surface area contributed by atoms with E-state index in [-0.39, 0.29) is 12.7 Å². The molecule has 0 saturated heterocycles. The molecule has 0 unspecified atom stereocenters. The second-order valence-corrected chi connectivity index (χ2v) is 8.64. The number of amides is 1. The first-order valence-electron chi connectivity index (χ1n) is 10.5. The minimum absolute atomic E-state index is 0.176. The molecule has 0 aliphatic carbocycles. The van der Waals surface area contributed by atoms with E-state index in [9.17, 15) is 4.79 Å². The number of aromatic nitrogens is 1. The van der Waals surface area contributed by atoms with Crippen molar-refractivity contribution in [1.29, 1.82) is 0 Å². The molecule has 0 spiro atoms. The van der Waals surface area contributed by atoms with E-state index in [1.807, 2.05) is 17.5 Å². The monoisotopic (exact) mass is 453 g/mol. The van der Waals surface area contributed by atoms with Crippen LogP contribution >= 0.6 is 11.3 Å². The molecule has 7 nitrogen and oxygen atoms in total. The Labute approximate surface area is 191 Å². The summed E-state index contributed by atoms with van der Waals surface area (Å²) in [4.78, 5) is 19.2. The summed E-state index contributed by atoms with van der Waals surface area (Å²) >= 11 is 1.50. The van der Waals surface area contributed by atoms with Gasteiger partial charge in [-0.05, 0) is 30.2 Å². The summed E-state index contributed by atoms with van der Waals surface area (Å²) in [7, 11) is 1.61. The fraction of sp³-hybridized carbons (Fsp3) is 0.333. The molecular weight excluding hydrogens is 426 g/mol. The first-order chi connectivity index (χ1) is 15.6. The van der Waals surface area contributed by atoms with Gasteiger partial charge < -0.3 is 19.5 Å². The Bertz CT molecular complexity index is 1050. The average molecular weight is 454 g/mol. The van der Waals surface area contributed by atoms with Crippen LogP contribution in [0.2, 0.25) is 0 Å². The number of nitrogens with one attached hydrogen (secondary N) is 1. The van der Waals surface area contributed by atoms with Gasteiger partial charge in [-0.15, -0.1) is 11.3 Å². The number of carbonyl (C=O) groups excluding carboxylic acids is 1. The molecule has 4 rings (SSSR count). The van der Waals surface area contributed by atoms with Crippen LogP contribution < -0.4 is 14.8 Å². The highest BCUT2D eigenvalue weighted by atomic mass is 32.1. The van der Waals surface area contributed by atoms with Crippen molar-refractivity contribution in [2.45, 2.75) is 26.6 Å². The summed E-state index contributed by atoms with van der Waals surface area (Å²) in [6, 6.07) is 14.6. The number of ether oxygens (including phenoxy) is 3. The summed E-state index contributed by atoms with van der Waals surface area (Å²) in [6.07, 6.45) is 0. The number of fused-ring (bicyclic) bond motifs is 1. The fourth-order valence-electron chi connectivity index (χ4n) is 3.45. The third kappa shape index (κ3) is 5.85. The lowest BCUT2D eigenvalue weighted by Gasteiger charge is -2.22. The number of thiazole rings is 1. The summed E-state index contributed by atoms with van der Waals surface area (Å²) < 4.78 is 15.9. The van der Waals surface area contributed by atoms with Gasteiger partial charge in [0.15, 0.2) is 11.5 Å². The molecule has 32 heavy (non-hydrogen) atoms. The number of hydrogen-bond donors (Lipinski definition) is 1. The van der Waals surface area contributed by atoms with Gasteiger partial charge in [0.05, 0.1) is 13.2 Å². The largest absolute Gasteiger partial charge is 0.454 e. The van der Waals surface area contributed by atoms with E-state index < -0.39 is 0 Å². The van der Waals surface area contributed by atoms with Gasteiger partial charge in [-0.2, -0.15) is 0 Å². The number of methoxy groups -OCH3 is 1. The highest BCUT2D eigenvalue weighted by molar-refractivity contribution is 7.09. The second-order valence-electron chi connectivity index (χ2n) is 7.69. The predicted octanol–water partition coefficient (Wildman–Crippen LogP) is 3.76. The van der Waals surface area contributed by atoms with E-state index >= 15 is 0 Å². The molecule has 3 aromatic rings. The van der Waals surface area contributed by atoms with E-state index in [0.717, 1.165) is 35.2 Å². The zero-order chi connectivity index (χ0) is 22.3. The van der Waals surface area contributed by atoms with E-state index in [2.05, 4.69) is 52.5 Å². The molecular formula is C24H27N3O4S. The quantitative estimate of drug-likeness (QED) is 0.471. The van der Waals surface area contributed by atoms with Crippen molar-refractivity contribution < 1.29 is 19.0 Å².